The number of benzene rings is 1. The number of anilines is 2. The second-order valence-electron chi connectivity index (χ2n) is 5.42. The average molecular weight is 314 g/mol. The van der Waals surface area contributed by atoms with Crippen molar-refractivity contribution in [2.75, 3.05) is 11.9 Å². The van der Waals surface area contributed by atoms with Gasteiger partial charge in [0.2, 0.25) is 5.95 Å². The molecule has 0 fully saturated rings. The van der Waals surface area contributed by atoms with E-state index >= 15 is 0 Å². The molecular formula is C17H22N4O2. The molecule has 0 bridgehead atoms. The van der Waals surface area contributed by atoms with Crippen LogP contribution in [0.1, 0.15) is 30.6 Å². The lowest BCUT2D eigenvalue weighted by atomic mass is 9.99. The van der Waals surface area contributed by atoms with Gasteiger partial charge in [-0.25, -0.2) is 9.97 Å². The van der Waals surface area contributed by atoms with E-state index in [1.54, 1.807) is 42.7 Å². The van der Waals surface area contributed by atoms with Crippen molar-refractivity contribution in [1.82, 2.24) is 15.3 Å². The van der Waals surface area contributed by atoms with E-state index in [4.69, 9.17) is 0 Å². The summed E-state index contributed by atoms with van der Waals surface area (Å²) in [5.74, 6) is 0.536. The van der Waals surface area contributed by atoms with Gasteiger partial charge in [-0.3, -0.25) is 4.79 Å². The topological polar surface area (TPSA) is 87.1 Å². The van der Waals surface area contributed by atoms with Gasteiger partial charge >= 0.3 is 0 Å². The summed E-state index contributed by atoms with van der Waals surface area (Å²) in [6.07, 6.45) is 4.20. The molecule has 1 amide bonds. The molecule has 3 N–H and O–H groups in total. The van der Waals surface area contributed by atoms with E-state index in [0.29, 0.717) is 11.5 Å². The van der Waals surface area contributed by atoms with Crippen LogP contribution < -0.4 is 10.6 Å². The Hall–Kier alpha value is -2.47. The van der Waals surface area contributed by atoms with Gasteiger partial charge in [0, 0.05) is 23.6 Å². The third-order valence-electron chi connectivity index (χ3n) is 3.81. The molecule has 1 aromatic heterocycles. The maximum absolute atomic E-state index is 12.2. The molecule has 23 heavy (non-hydrogen) atoms. The van der Waals surface area contributed by atoms with E-state index in [0.717, 1.165) is 12.1 Å². The lowest BCUT2D eigenvalue weighted by molar-refractivity contribution is 0.0891. The highest BCUT2D eigenvalue weighted by Gasteiger charge is 2.18. The first kappa shape index (κ1) is 16.9. The highest BCUT2D eigenvalue weighted by molar-refractivity contribution is 5.94. The number of carbonyl (C=O) groups excluding carboxylic acids is 1. The summed E-state index contributed by atoms with van der Waals surface area (Å²) < 4.78 is 0. The van der Waals surface area contributed by atoms with Crippen molar-refractivity contribution in [1.29, 1.82) is 0 Å². The van der Waals surface area contributed by atoms with Gasteiger partial charge in [-0.15, -0.1) is 0 Å². The standard InChI is InChI=1S/C17H22N4O2/c1-3-12(2)15(11-22)21-16(23)13-5-7-14(8-6-13)20-17-18-9-4-10-19-17/h4-10,12,15,22H,3,11H2,1-2H3,(H,21,23)(H,18,19,20)/t12-,15+/m1/s1. The van der Waals surface area contributed by atoms with E-state index in [1.807, 2.05) is 13.8 Å². The molecule has 1 heterocycles. The van der Waals surface area contributed by atoms with Gasteiger partial charge in [0.05, 0.1) is 12.6 Å². The number of nitrogens with one attached hydrogen (secondary N) is 2. The van der Waals surface area contributed by atoms with Crippen molar-refractivity contribution in [3.63, 3.8) is 0 Å². The molecule has 0 aliphatic carbocycles. The number of aliphatic hydroxyl groups excluding tert-OH is 1. The van der Waals surface area contributed by atoms with E-state index in [1.165, 1.54) is 0 Å². The second-order valence-corrected chi connectivity index (χ2v) is 5.42. The van der Waals surface area contributed by atoms with Gasteiger partial charge in [0.15, 0.2) is 0 Å². The fourth-order valence-corrected chi connectivity index (χ4v) is 2.10. The summed E-state index contributed by atoms with van der Waals surface area (Å²) in [5, 5.41) is 15.3. The van der Waals surface area contributed by atoms with Gasteiger partial charge < -0.3 is 15.7 Å². The number of amides is 1. The summed E-state index contributed by atoms with van der Waals surface area (Å²) in [7, 11) is 0. The van der Waals surface area contributed by atoms with Crippen molar-refractivity contribution in [2.45, 2.75) is 26.3 Å². The number of rotatable bonds is 7. The van der Waals surface area contributed by atoms with E-state index < -0.39 is 0 Å². The fraction of sp³-hybridized carbons (Fsp3) is 0.353. The SMILES string of the molecule is CC[C@@H](C)[C@H](CO)NC(=O)c1ccc(Nc2ncccn2)cc1. The number of hydrogen-bond acceptors (Lipinski definition) is 5. The minimum absolute atomic E-state index is 0.0638. The quantitative estimate of drug-likeness (QED) is 0.730. The van der Waals surface area contributed by atoms with Crippen LogP contribution >= 0.6 is 0 Å². The minimum Gasteiger partial charge on any atom is -0.394 e. The number of hydrogen-bond donors (Lipinski definition) is 3. The van der Waals surface area contributed by atoms with Crippen molar-refractivity contribution in [3.05, 3.63) is 48.3 Å². The van der Waals surface area contributed by atoms with Gasteiger partial charge in [-0.05, 0) is 36.2 Å². The Morgan fingerprint density at radius 3 is 2.43 bits per heavy atom. The Kier molecular flexibility index (Phi) is 6.05. The van der Waals surface area contributed by atoms with Crippen LogP contribution in [-0.4, -0.2) is 33.6 Å². The molecule has 2 rings (SSSR count). The highest BCUT2D eigenvalue weighted by atomic mass is 16.3. The lowest BCUT2D eigenvalue weighted by Gasteiger charge is -2.22. The fourth-order valence-electron chi connectivity index (χ4n) is 2.10. The Morgan fingerprint density at radius 2 is 1.87 bits per heavy atom. The molecule has 0 aliphatic heterocycles. The van der Waals surface area contributed by atoms with Crippen molar-refractivity contribution < 1.29 is 9.90 Å². The van der Waals surface area contributed by atoms with Crippen molar-refractivity contribution >= 4 is 17.5 Å². The van der Waals surface area contributed by atoms with Crippen LogP contribution in [0.25, 0.3) is 0 Å². The molecular weight excluding hydrogens is 292 g/mol. The number of aliphatic hydroxyl groups is 1. The third-order valence-corrected chi connectivity index (χ3v) is 3.81. The lowest BCUT2D eigenvalue weighted by Crippen LogP contribution is -2.41. The molecule has 122 valence electrons. The largest absolute Gasteiger partial charge is 0.394 e. The van der Waals surface area contributed by atoms with Crippen LogP contribution in [-0.2, 0) is 0 Å². The molecule has 6 nitrogen and oxygen atoms in total. The third kappa shape index (κ3) is 4.75. The van der Waals surface area contributed by atoms with Crippen molar-refractivity contribution in [3.8, 4) is 0 Å². The Bertz CT molecular complexity index is 616. The molecule has 0 saturated carbocycles. The summed E-state index contributed by atoms with van der Waals surface area (Å²) in [6, 6.07) is 8.55. The van der Waals surface area contributed by atoms with E-state index in [9.17, 15) is 9.90 Å². The predicted octanol–water partition coefficient (Wildman–Crippen LogP) is 2.36. The molecule has 1 aromatic carbocycles. The zero-order valence-corrected chi connectivity index (χ0v) is 13.4. The van der Waals surface area contributed by atoms with Crippen LogP contribution in [0.4, 0.5) is 11.6 Å². The average Bonchev–Trinajstić information content (AvgIpc) is 2.60. The first-order valence-corrected chi connectivity index (χ1v) is 7.69. The monoisotopic (exact) mass is 314 g/mol. The number of nitrogens with zero attached hydrogens (tertiary/aromatic N) is 2. The van der Waals surface area contributed by atoms with Crippen LogP contribution in [0.2, 0.25) is 0 Å². The molecule has 0 unspecified atom stereocenters. The smallest absolute Gasteiger partial charge is 0.251 e. The molecule has 6 heteroatoms. The minimum atomic E-state index is -0.233. The van der Waals surface area contributed by atoms with Crippen LogP contribution in [0.15, 0.2) is 42.7 Å². The molecule has 0 aliphatic rings. The Morgan fingerprint density at radius 1 is 1.22 bits per heavy atom. The van der Waals surface area contributed by atoms with Crippen LogP contribution in [0.3, 0.4) is 0 Å². The first-order valence-electron chi connectivity index (χ1n) is 7.69. The second kappa shape index (κ2) is 8.24. The maximum atomic E-state index is 12.2. The molecule has 0 spiro atoms. The number of carbonyl (C=O) groups is 1. The summed E-state index contributed by atoms with van der Waals surface area (Å²) in [4.78, 5) is 20.4. The van der Waals surface area contributed by atoms with Gasteiger partial charge in [0.1, 0.15) is 0 Å². The molecule has 0 saturated heterocycles. The zero-order valence-electron chi connectivity index (χ0n) is 13.4. The maximum Gasteiger partial charge on any atom is 0.251 e. The van der Waals surface area contributed by atoms with Crippen LogP contribution in [0, 0.1) is 5.92 Å². The normalized spacial score (nSPS) is 13.2. The summed E-state index contributed by atoms with van der Waals surface area (Å²) in [5.41, 5.74) is 1.35. The number of aromatic nitrogens is 2. The Labute approximate surface area is 136 Å². The molecule has 2 aromatic rings. The highest BCUT2D eigenvalue weighted by Crippen LogP contribution is 2.14. The zero-order chi connectivity index (χ0) is 16.7. The Balaban J connectivity index is 2.00. The van der Waals surface area contributed by atoms with Gasteiger partial charge in [-0.2, -0.15) is 0 Å². The van der Waals surface area contributed by atoms with E-state index in [-0.39, 0.29) is 24.5 Å². The predicted molar refractivity (Wildman–Crippen MR) is 89.6 cm³/mol. The molecule has 2 atom stereocenters. The van der Waals surface area contributed by atoms with Gasteiger partial charge in [-0.1, -0.05) is 20.3 Å². The first-order chi connectivity index (χ1) is 11.1. The van der Waals surface area contributed by atoms with Crippen LogP contribution in [0.5, 0.6) is 0 Å². The summed E-state index contributed by atoms with van der Waals surface area (Å²) >= 11 is 0. The van der Waals surface area contributed by atoms with Gasteiger partial charge in [0.25, 0.3) is 5.91 Å². The van der Waals surface area contributed by atoms with Crippen molar-refractivity contribution in [2.24, 2.45) is 5.92 Å². The molecule has 0 radical (unpaired) electrons. The summed E-state index contributed by atoms with van der Waals surface area (Å²) in [6.45, 7) is 3.98. The van der Waals surface area contributed by atoms with E-state index in [2.05, 4.69) is 20.6 Å².